The van der Waals surface area contributed by atoms with E-state index in [1.165, 1.54) is 0 Å². The fourth-order valence-electron chi connectivity index (χ4n) is 2.58. The molecule has 1 heterocycles. The Kier molecular flexibility index (Phi) is 4.67. The number of amides is 1. The number of rotatable bonds is 4. The minimum absolute atomic E-state index is 0.164. The first-order chi connectivity index (χ1) is 11.6. The normalized spacial score (nSPS) is 10.6. The molecule has 3 aromatic rings. The smallest absolute Gasteiger partial charge is 0.253 e. The topological polar surface area (TPSA) is 51.2 Å². The van der Waals surface area contributed by atoms with Crippen LogP contribution in [0, 0.1) is 6.92 Å². The van der Waals surface area contributed by atoms with E-state index in [9.17, 15) is 4.79 Å². The molecule has 0 aliphatic carbocycles. The van der Waals surface area contributed by atoms with Gasteiger partial charge in [-0.15, -0.1) is 0 Å². The summed E-state index contributed by atoms with van der Waals surface area (Å²) >= 11 is 5.95. The molecule has 0 aliphatic heterocycles. The number of carbonyl (C=O) groups excluding carboxylic acids is 1. The number of pyridine rings is 1. The van der Waals surface area contributed by atoms with Crippen molar-refractivity contribution in [3.63, 3.8) is 0 Å². The summed E-state index contributed by atoms with van der Waals surface area (Å²) in [5.41, 5.74) is 3.02. The van der Waals surface area contributed by atoms with Crippen molar-refractivity contribution in [2.75, 3.05) is 7.11 Å². The maximum Gasteiger partial charge on any atom is 0.253 e. The number of para-hydroxylation sites is 1. The lowest BCUT2D eigenvalue weighted by atomic mass is 10.1. The Morgan fingerprint density at radius 1 is 1.21 bits per heavy atom. The zero-order valence-corrected chi connectivity index (χ0v) is 14.2. The second-order valence-corrected chi connectivity index (χ2v) is 5.89. The van der Waals surface area contributed by atoms with Crippen molar-refractivity contribution >= 4 is 28.4 Å². The van der Waals surface area contributed by atoms with Gasteiger partial charge in [-0.1, -0.05) is 35.9 Å². The van der Waals surface area contributed by atoms with E-state index in [4.69, 9.17) is 16.3 Å². The van der Waals surface area contributed by atoms with E-state index in [0.29, 0.717) is 28.6 Å². The van der Waals surface area contributed by atoms with Gasteiger partial charge in [0.1, 0.15) is 5.75 Å². The van der Waals surface area contributed by atoms with Crippen molar-refractivity contribution in [3.05, 3.63) is 70.4 Å². The quantitative estimate of drug-likeness (QED) is 0.776. The van der Waals surface area contributed by atoms with E-state index in [0.717, 1.165) is 16.5 Å². The van der Waals surface area contributed by atoms with Crippen molar-refractivity contribution in [2.45, 2.75) is 13.5 Å². The maximum atomic E-state index is 12.5. The van der Waals surface area contributed by atoms with Crippen LogP contribution >= 0.6 is 11.6 Å². The highest BCUT2D eigenvalue weighted by molar-refractivity contribution is 6.30. The van der Waals surface area contributed by atoms with Crippen LogP contribution in [0.25, 0.3) is 10.9 Å². The predicted octanol–water partition coefficient (Wildman–Crippen LogP) is 4.14. The number of nitrogens with one attached hydrogen (secondary N) is 1. The first kappa shape index (κ1) is 16.3. The zero-order chi connectivity index (χ0) is 17.1. The molecule has 122 valence electrons. The minimum Gasteiger partial charge on any atom is -0.496 e. The summed E-state index contributed by atoms with van der Waals surface area (Å²) < 4.78 is 5.30. The highest BCUT2D eigenvalue weighted by Gasteiger charge is 2.12. The molecule has 24 heavy (non-hydrogen) atoms. The van der Waals surface area contributed by atoms with Crippen molar-refractivity contribution in [2.24, 2.45) is 0 Å². The number of nitrogens with zero attached hydrogens (tertiary/aromatic N) is 1. The predicted molar refractivity (Wildman–Crippen MR) is 95.7 cm³/mol. The van der Waals surface area contributed by atoms with Crippen LogP contribution < -0.4 is 10.1 Å². The number of benzene rings is 2. The van der Waals surface area contributed by atoms with Crippen LogP contribution in [0.15, 0.2) is 48.5 Å². The van der Waals surface area contributed by atoms with E-state index >= 15 is 0 Å². The Labute approximate surface area is 145 Å². The molecule has 0 aliphatic rings. The Bertz CT molecular complexity index is 909. The van der Waals surface area contributed by atoms with Crippen molar-refractivity contribution in [1.82, 2.24) is 10.3 Å². The number of halogens is 1. The van der Waals surface area contributed by atoms with Crippen LogP contribution in [0.1, 0.15) is 21.6 Å². The van der Waals surface area contributed by atoms with Gasteiger partial charge in [0.25, 0.3) is 5.91 Å². The number of hydrogen-bond donors (Lipinski definition) is 1. The molecule has 3 rings (SSSR count). The van der Waals surface area contributed by atoms with Crippen LogP contribution in [-0.2, 0) is 6.54 Å². The molecule has 0 bridgehead atoms. The number of aryl methyl sites for hydroxylation is 1. The molecule has 0 atom stereocenters. The third-order valence-electron chi connectivity index (χ3n) is 3.85. The fraction of sp³-hybridized carbons (Fsp3) is 0.158. The van der Waals surface area contributed by atoms with Gasteiger partial charge in [0.15, 0.2) is 0 Å². The highest BCUT2D eigenvalue weighted by Crippen LogP contribution is 2.23. The average Bonchev–Trinajstić information content (AvgIpc) is 2.59. The minimum atomic E-state index is -0.164. The molecule has 0 radical (unpaired) electrons. The molecule has 0 unspecified atom stereocenters. The molecular weight excluding hydrogens is 324 g/mol. The van der Waals surface area contributed by atoms with Crippen LogP contribution in [0.5, 0.6) is 5.75 Å². The number of fused-ring (bicyclic) bond motifs is 1. The van der Waals surface area contributed by atoms with Crippen molar-refractivity contribution < 1.29 is 9.53 Å². The molecule has 2 aromatic carbocycles. The van der Waals surface area contributed by atoms with Crippen LogP contribution in [0.2, 0.25) is 5.02 Å². The number of hydrogen-bond acceptors (Lipinski definition) is 3. The third kappa shape index (κ3) is 3.34. The summed E-state index contributed by atoms with van der Waals surface area (Å²) in [7, 11) is 1.58. The van der Waals surface area contributed by atoms with Crippen LogP contribution in [-0.4, -0.2) is 18.0 Å². The van der Waals surface area contributed by atoms with Gasteiger partial charge in [0, 0.05) is 22.5 Å². The molecule has 1 amide bonds. The van der Waals surface area contributed by atoms with E-state index < -0.39 is 0 Å². The standard InChI is InChI=1S/C19H17ClN2O2/c1-12-16(9-13-5-3-4-6-17(13)22-12)19(23)21-11-14-7-8-15(20)10-18(14)24-2/h3-10H,11H2,1-2H3,(H,21,23). The monoisotopic (exact) mass is 340 g/mol. The van der Waals surface area contributed by atoms with Gasteiger partial charge in [-0.25, -0.2) is 0 Å². The largest absolute Gasteiger partial charge is 0.496 e. The molecule has 0 saturated heterocycles. The van der Waals surface area contributed by atoms with Gasteiger partial charge in [-0.2, -0.15) is 0 Å². The lowest BCUT2D eigenvalue weighted by Gasteiger charge is -2.11. The first-order valence-corrected chi connectivity index (χ1v) is 7.93. The number of carbonyl (C=O) groups is 1. The van der Waals surface area contributed by atoms with E-state index in [2.05, 4.69) is 10.3 Å². The Morgan fingerprint density at radius 3 is 2.79 bits per heavy atom. The lowest BCUT2D eigenvalue weighted by molar-refractivity contribution is 0.0950. The number of ether oxygens (including phenoxy) is 1. The van der Waals surface area contributed by atoms with Crippen LogP contribution in [0.3, 0.4) is 0 Å². The van der Waals surface area contributed by atoms with E-state index in [1.807, 2.05) is 43.3 Å². The Hall–Kier alpha value is -2.59. The van der Waals surface area contributed by atoms with Gasteiger partial charge >= 0.3 is 0 Å². The summed E-state index contributed by atoms with van der Waals surface area (Å²) in [4.78, 5) is 17.0. The number of aromatic nitrogens is 1. The highest BCUT2D eigenvalue weighted by atomic mass is 35.5. The lowest BCUT2D eigenvalue weighted by Crippen LogP contribution is -2.24. The zero-order valence-electron chi connectivity index (χ0n) is 13.5. The summed E-state index contributed by atoms with van der Waals surface area (Å²) in [6.07, 6.45) is 0. The molecule has 4 nitrogen and oxygen atoms in total. The first-order valence-electron chi connectivity index (χ1n) is 7.55. The molecular formula is C19H17ClN2O2. The maximum absolute atomic E-state index is 12.5. The van der Waals surface area contributed by atoms with Crippen molar-refractivity contribution in [1.29, 1.82) is 0 Å². The molecule has 1 N–H and O–H groups in total. The van der Waals surface area contributed by atoms with Crippen molar-refractivity contribution in [3.8, 4) is 5.75 Å². The molecule has 0 fully saturated rings. The molecule has 0 saturated carbocycles. The fourth-order valence-corrected chi connectivity index (χ4v) is 2.74. The summed E-state index contributed by atoms with van der Waals surface area (Å²) in [6.45, 7) is 2.19. The summed E-state index contributed by atoms with van der Waals surface area (Å²) in [5, 5.41) is 4.45. The third-order valence-corrected chi connectivity index (χ3v) is 4.08. The SMILES string of the molecule is COc1cc(Cl)ccc1CNC(=O)c1cc2ccccc2nc1C. The van der Waals surface area contributed by atoms with Gasteiger partial charge in [-0.3, -0.25) is 9.78 Å². The van der Waals surface area contributed by atoms with E-state index in [-0.39, 0.29) is 5.91 Å². The Balaban J connectivity index is 1.82. The second-order valence-electron chi connectivity index (χ2n) is 5.45. The summed E-state index contributed by atoms with van der Waals surface area (Å²) in [5.74, 6) is 0.485. The average molecular weight is 341 g/mol. The molecule has 0 spiro atoms. The van der Waals surface area contributed by atoms with E-state index in [1.54, 1.807) is 19.2 Å². The molecule has 1 aromatic heterocycles. The van der Waals surface area contributed by atoms with Gasteiger partial charge in [0.05, 0.1) is 23.9 Å². The number of methoxy groups -OCH3 is 1. The molecule has 5 heteroatoms. The van der Waals surface area contributed by atoms with Crippen LogP contribution in [0.4, 0.5) is 0 Å². The Morgan fingerprint density at radius 2 is 2.00 bits per heavy atom. The second kappa shape index (κ2) is 6.89. The van der Waals surface area contributed by atoms with Gasteiger partial charge in [0.2, 0.25) is 0 Å². The summed E-state index contributed by atoms with van der Waals surface area (Å²) in [6, 6.07) is 14.9. The van der Waals surface area contributed by atoms with Gasteiger partial charge < -0.3 is 10.1 Å². The van der Waals surface area contributed by atoms with Gasteiger partial charge in [-0.05, 0) is 31.2 Å².